The lowest BCUT2D eigenvalue weighted by molar-refractivity contribution is -0.137. The Labute approximate surface area is 214 Å². The van der Waals surface area contributed by atoms with Crippen molar-refractivity contribution >= 4 is 17.3 Å². The van der Waals surface area contributed by atoms with E-state index >= 15 is 0 Å². The van der Waals surface area contributed by atoms with Gasteiger partial charge in [0.1, 0.15) is 17.5 Å². The van der Waals surface area contributed by atoms with Gasteiger partial charge in [0.05, 0.1) is 11.4 Å². The molecule has 1 aromatic heterocycles. The number of hydrogen-bond donors (Lipinski definition) is 3. The van der Waals surface area contributed by atoms with E-state index in [9.17, 15) is 14.7 Å². The smallest absolute Gasteiger partial charge is 0.370 e. The zero-order valence-corrected chi connectivity index (χ0v) is 21.5. The van der Waals surface area contributed by atoms with Gasteiger partial charge >= 0.3 is 5.97 Å². The van der Waals surface area contributed by atoms with E-state index in [1.54, 1.807) is 25.1 Å². The number of phenols is 1. The molecule has 0 amide bonds. The number of rotatable bonds is 5. The summed E-state index contributed by atoms with van der Waals surface area (Å²) in [7, 11) is 0. The van der Waals surface area contributed by atoms with Gasteiger partial charge < -0.3 is 14.9 Å². The molecule has 3 N–H and O–H groups in total. The number of aryl methyl sites for hydroxylation is 1. The number of aromatic hydroxyl groups is 1. The van der Waals surface area contributed by atoms with Gasteiger partial charge in [-0.1, -0.05) is 45.9 Å². The van der Waals surface area contributed by atoms with Crippen molar-refractivity contribution in [3.63, 3.8) is 0 Å². The van der Waals surface area contributed by atoms with Crippen LogP contribution in [0, 0.1) is 6.92 Å². The van der Waals surface area contributed by atoms with E-state index in [1.807, 2.05) is 6.07 Å². The fourth-order valence-electron chi connectivity index (χ4n) is 5.74. The number of aliphatic carboxylic acids is 1. The van der Waals surface area contributed by atoms with Gasteiger partial charge in [0.2, 0.25) is 5.76 Å². The van der Waals surface area contributed by atoms with Crippen molar-refractivity contribution in [1.82, 2.24) is 9.78 Å². The number of nitrogens with zero attached hydrogens (tertiary/aromatic N) is 3. The second-order valence-electron chi connectivity index (χ2n) is 11.0. The van der Waals surface area contributed by atoms with E-state index in [0.717, 1.165) is 12.1 Å². The Balaban J connectivity index is 1.45. The molecular formula is C28H30N4O5. The van der Waals surface area contributed by atoms with Crippen LogP contribution in [0.2, 0.25) is 0 Å². The Hall–Kier alpha value is -4.14. The predicted molar refractivity (Wildman–Crippen MR) is 138 cm³/mol. The molecule has 1 aliphatic carbocycles. The Morgan fingerprint density at radius 3 is 2.54 bits per heavy atom. The van der Waals surface area contributed by atoms with Gasteiger partial charge in [0, 0.05) is 12.0 Å². The number of phenolic OH excluding ortho intramolecular Hbond substituents is 1. The summed E-state index contributed by atoms with van der Waals surface area (Å²) in [4.78, 5) is 24.4. The van der Waals surface area contributed by atoms with Gasteiger partial charge in [-0.2, -0.15) is 0 Å². The highest BCUT2D eigenvalue weighted by atomic mass is 16.5. The topological polar surface area (TPSA) is 129 Å². The summed E-state index contributed by atoms with van der Waals surface area (Å²) in [5.74, 6) is -1.49. The molecule has 0 fully saturated rings. The summed E-state index contributed by atoms with van der Waals surface area (Å²) in [5, 5.41) is 31.3. The van der Waals surface area contributed by atoms with E-state index < -0.39 is 12.1 Å². The van der Waals surface area contributed by atoms with Crippen molar-refractivity contribution in [2.45, 2.75) is 64.4 Å². The van der Waals surface area contributed by atoms with Crippen LogP contribution in [-0.2, 0) is 20.4 Å². The lowest BCUT2D eigenvalue weighted by atomic mass is 9.82. The van der Waals surface area contributed by atoms with Gasteiger partial charge in [0.15, 0.2) is 5.69 Å². The molecule has 0 radical (unpaired) electrons. The highest BCUT2D eigenvalue weighted by Gasteiger charge is 2.41. The van der Waals surface area contributed by atoms with Crippen LogP contribution in [0.1, 0.15) is 69.0 Å². The number of benzene rings is 2. The van der Waals surface area contributed by atoms with Crippen LogP contribution in [0.3, 0.4) is 0 Å². The maximum atomic E-state index is 13.3. The molecule has 9 nitrogen and oxygen atoms in total. The van der Waals surface area contributed by atoms with Gasteiger partial charge in [-0.05, 0) is 59.6 Å². The van der Waals surface area contributed by atoms with Crippen molar-refractivity contribution in [3.05, 3.63) is 81.0 Å². The zero-order chi connectivity index (χ0) is 26.7. The Bertz CT molecular complexity index is 1540. The van der Waals surface area contributed by atoms with Gasteiger partial charge in [0.25, 0.3) is 5.56 Å². The summed E-state index contributed by atoms with van der Waals surface area (Å²) in [5.41, 5.74) is 4.20. The van der Waals surface area contributed by atoms with Gasteiger partial charge in [-0.3, -0.25) is 9.89 Å². The molecule has 0 bridgehead atoms. The number of carboxylic acids is 1. The number of aromatic nitrogens is 2. The molecule has 5 rings (SSSR count). The van der Waals surface area contributed by atoms with Crippen LogP contribution in [0.4, 0.5) is 11.4 Å². The number of aromatic amines is 1. The van der Waals surface area contributed by atoms with Crippen LogP contribution < -0.4 is 5.56 Å². The Kier molecular flexibility index (Phi) is 5.62. The van der Waals surface area contributed by atoms with E-state index in [1.165, 1.54) is 21.9 Å². The summed E-state index contributed by atoms with van der Waals surface area (Å²) in [6, 6.07) is 11.0. The monoisotopic (exact) mass is 502 g/mol. The normalized spacial score (nSPS) is 19.6. The fraction of sp³-hybridized carbons (Fsp3) is 0.357. The fourth-order valence-corrected chi connectivity index (χ4v) is 5.74. The number of fused-ring (bicyclic) bond motifs is 1. The summed E-state index contributed by atoms with van der Waals surface area (Å²) in [6.45, 7) is 10.7. The number of H-pyrrole nitrogens is 1. The molecule has 0 saturated carbocycles. The molecule has 0 saturated heterocycles. The van der Waals surface area contributed by atoms with E-state index in [0.29, 0.717) is 17.7 Å². The third-order valence-corrected chi connectivity index (χ3v) is 7.29. The molecule has 2 aromatic carbocycles. The average Bonchev–Trinajstić information content (AvgIpc) is 3.47. The first-order valence-electron chi connectivity index (χ1n) is 12.2. The third-order valence-electron chi connectivity index (χ3n) is 7.29. The van der Waals surface area contributed by atoms with Crippen molar-refractivity contribution in [2.75, 3.05) is 0 Å². The number of nitrogens with one attached hydrogen (secondary N) is 1. The predicted octanol–water partition coefficient (Wildman–Crippen LogP) is 5.98. The minimum absolute atomic E-state index is 0.00501. The first kappa shape index (κ1) is 24.5. The molecule has 9 heteroatoms. The molecule has 0 spiro atoms. The molecule has 1 aliphatic heterocycles. The van der Waals surface area contributed by atoms with Gasteiger partial charge in [-0.25, -0.2) is 9.48 Å². The average molecular weight is 503 g/mol. The summed E-state index contributed by atoms with van der Waals surface area (Å²) < 4.78 is 6.89. The minimum atomic E-state index is -1.16. The second-order valence-corrected chi connectivity index (χ2v) is 11.0. The quantitative estimate of drug-likeness (QED) is 0.369. The number of ether oxygens (including phenoxy) is 1. The summed E-state index contributed by atoms with van der Waals surface area (Å²) >= 11 is 0. The minimum Gasteiger partial charge on any atom is -0.505 e. The second kappa shape index (κ2) is 8.47. The number of hydrogen-bond acceptors (Lipinski definition) is 6. The number of carboxylic acid groups (broad SMARTS) is 1. The highest BCUT2D eigenvalue weighted by molar-refractivity contribution is 5.84. The maximum Gasteiger partial charge on any atom is 0.370 e. The highest BCUT2D eigenvalue weighted by Crippen LogP contribution is 2.49. The standard InChI is InChI=1S/C28H30N4O5/c1-15-23(30-29-20-8-6-7-17(24(20)33)21-11-12-22(37-21)26(35)36)25(34)32(31-15)16-9-10-18-19(13-16)28(4,5)14-27(18,2)3/h6-10,12-13,21,31,33H,11,14H2,1-5H3,(H,35,36). The van der Waals surface area contributed by atoms with E-state index in [4.69, 9.17) is 9.84 Å². The zero-order valence-electron chi connectivity index (χ0n) is 21.5. The SMILES string of the molecule is Cc1[nH]n(-c2ccc3c(c2)C(C)(C)CC3(C)C)c(=O)c1N=Nc1cccc(C2CC=C(C(=O)O)O2)c1O. The first-order chi connectivity index (χ1) is 17.4. The maximum absolute atomic E-state index is 13.3. The Morgan fingerprint density at radius 1 is 1.11 bits per heavy atom. The summed E-state index contributed by atoms with van der Waals surface area (Å²) in [6.07, 6.45) is 2.17. The first-order valence-corrected chi connectivity index (χ1v) is 12.2. The third kappa shape index (κ3) is 4.14. The lowest BCUT2D eigenvalue weighted by Crippen LogP contribution is -2.18. The molecular weight excluding hydrogens is 472 g/mol. The van der Waals surface area contributed by atoms with Crippen LogP contribution in [0.15, 0.2) is 63.3 Å². The van der Waals surface area contributed by atoms with Gasteiger partial charge in [-0.15, -0.1) is 10.2 Å². The van der Waals surface area contributed by atoms with Crippen molar-refractivity contribution < 1.29 is 19.7 Å². The largest absolute Gasteiger partial charge is 0.505 e. The van der Waals surface area contributed by atoms with Crippen LogP contribution in [0.5, 0.6) is 5.75 Å². The van der Waals surface area contributed by atoms with Crippen LogP contribution in [-0.4, -0.2) is 26.0 Å². The van der Waals surface area contributed by atoms with Crippen molar-refractivity contribution in [3.8, 4) is 11.4 Å². The van der Waals surface area contributed by atoms with Crippen molar-refractivity contribution in [1.29, 1.82) is 0 Å². The molecule has 2 heterocycles. The molecule has 37 heavy (non-hydrogen) atoms. The van der Waals surface area contributed by atoms with Crippen molar-refractivity contribution in [2.24, 2.45) is 10.2 Å². The van der Waals surface area contributed by atoms with E-state index in [-0.39, 0.29) is 39.3 Å². The van der Waals surface area contributed by atoms with Crippen LogP contribution >= 0.6 is 0 Å². The lowest BCUT2D eigenvalue weighted by Gasteiger charge is -2.22. The number of para-hydroxylation sites is 1. The molecule has 3 aromatic rings. The Morgan fingerprint density at radius 2 is 1.84 bits per heavy atom. The van der Waals surface area contributed by atoms with E-state index in [2.05, 4.69) is 55.2 Å². The number of carbonyl (C=O) groups is 1. The molecule has 1 atom stereocenters. The molecule has 1 unspecified atom stereocenters. The number of azo groups is 1. The molecule has 192 valence electrons. The van der Waals surface area contributed by atoms with Crippen LogP contribution in [0.25, 0.3) is 5.69 Å². The molecule has 2 aliphatic rings.